The summed E-state index contributed by atoms with van der Waals surface area (Å²) in [4.78, 5) is 16.8. The number of anilines is 1. The molecule has 3 aromatic heterocycles. The molecule has 1 amide bonds. The molecule has 0 saturated heterocycles. The number of nitrogens with one attached hydrogen (secondary N) is 1. The number of hydrogen-bond acceptors (Lipinski definition) is 5. The van der Waals surface area contributed by atoms with E-state index >= 15 is 0 Å². The van der Waals surface area contributed by atoms with Crippen LogP contribution in [-0.4, -0.2) is 35.7 Å². The van der Waals surface area contributed by atoms with Crippen molar-refractivity contribution in [3.63, 3.8) is 0 Å². The molecule has 0 aliphatic heterocycles. The Kier molecular flexibility index (Phi) is 3.98. The number of aromatic nitrogens is 6. The van der Waals surface area contributed by atoms with Crippen LogP contribution in [0.5, 0.6) is 0 Å². The number of nitrogens with zero attached hydrogens (tertiary/aromatic N) is 6. The number of amides is 1. The van der Waals surface area contributed by atoms with Crippen molar-refractivity contribution >= 4 is 11.6 Å². The second-order valence-electron chi connectivity index (χ2n) is 5.66. The number of rotatable bonds is 4. The summed E-state index contributed by atoms with van der Waals surface area (Å²) in [6.45, 7) is 2.01. The number of hydrogen-bond donors (Lipinski definition) is 1. The smallest absolute Gasteiger partial charge is 0.277 e. The molecule has 8 nitrogen and oxygen atoms in total. The van der Waals surface area contributed by atoms with Crippen LogP contribution in [0.3, 0.4) is 0 Å². The van der Waals surface area contributed by atoms with Crippen molar-refractivity contribution in [3.05, 3.63) is 78.5 Å². The van der Waals surface area contributed by atoms with E-state index in [1.807, 2.05) is 31.2 Å². The first kappa shape index (κ1) is 15.7. The molecule has 0 saturated carbocycles. The van der Waals surface area contributed by atoms with Crippen molar-refractivity contribution in [2.45, 2.75) is 6.92 Å². The second-order valence-corrected chi connectivity index (χ2v) is 5.66. The number of pyridine rings is 1. The third-order valence-electron chi connectivity index (χ3n) is 3.78. The zero-order valence-corrected chi connectivity index (χ0v) is 13.9. The molecule has 8 heteroatoms. The van der Waals surface area contributed by atoms with E-state index < -0.39 is 0 Å². The van der Waals surface area contributed by atoms with Gasteiger partial charge in [-0.2, -0.15) is 5.10 Å². The number of aryl methyl sites for hydroxylation is 1. The fourth-order valence-electron chi connectivity index (χ4n) is 2.45. The van der Waals surface area contributed by atoms with Crippen LogP contribution >= 0.6 is 0 Å². The fourth-order valence-corrected chi connectivity index (χ4v) is 2.45. The minimum Gasteiger partial charge on any atom is -0.317 e. The summed E-state index contributed by atoms with van der Waals surface area (Å²) in [6, 6.07) is 13.1. The highest BCUT2D eigenvalue weighted by molar-refractivity contribution is 6.03. The lowest BCUT2D eigenvalue weighted by atomic mass is 10.2. The van der Waals surface area contributed by atoms with E-state index in [0.29, 0.717) is 11.5 Å². The number of carbonyl (C=O) groups excluding carboxylic acids is 1. The van der Waals surface area contributed by atoms with Crippen molar-refractivity contribution < 1.29 is 4.79 Å². The molecule has 128 valence electrons. The standard InChI is InChI=1S/C18H15N7O/c1-13-5-7-14(8-6-13)25-12-16(22-23-25)18(26)21-15-4-2-9-19-17(15)24-11-3-10-20-24/h2-12H,1H3,(H,21,26). The second kappa shape index (κ2) is 6.60. The van der Waals surface area contributed by atoms with Gasteiger partial charge in [0.15, 0.2) is 11.5 Å². The molecular weight excluding hydrogens is 330 g/mol. The van der Waals surface area contributed by atoms with Gasteiger partial charge in [0, 0.05) is 18.6 Å². The predicted molar refractivity (Wildman–Crippen MR) is 95.4 cm³/mol. The van der Waals surface area contributed by atoms with Crippen LogP contribution in [0.15, 0.2) is 67.3 Å². The summed E-state index contributed by atoms with van der Waals surface area (Å²) in [5, 5.41) is 14.9. The highest BCUT2D eigenvalue weighted by atomic mass is 16.2. The quantitative estimate of drug-likeness (QED) is 0.613. The van der Waals surface area contributed by atoms with Crippen LogP contribution in [0.25, 0.3) is 11.5 Å². The van der Waals surface area contributed by atoms with Crippen molar-refractivity contribution in [1.82, 2.24) is 29.8 Å². The summed E-state index contributed by atoms with van der Waals surface area (Å²) in [5.41, 5.74) is 2.72. The maximum Gasteiger partial charge on any atom is 0.277 e. The van der Waals surface area contributed by atoms with Crippen molar-refractivity contribution in [2.24, 2.45) is 0 Å². The Morgan fingerprint density at radius 1 is 1.04 bits per heavy atom. The molecule has 0 fully saturated rings. The minimum atomic E-state index is -0.371. The van der Waals surface area contributed by atoms with Gasteiger partial charge in [0.25, 0.3) is 5.91 Å². The number of benzene rings is 1. The van der Waals surface area contributed by atoms with Gasteiger partial charge in [-0.05, 0) is 37.3 Å². The zero-order valence-electron chi connectivity index (χ0n) is 13.9. The lowest BCUT2D eigenvalue weighted by Gasteiger charge is -2.08. The Morgan fingerprint density at radius 3 is 2.65 bits per heavy atom. The molecule has 0 radical (unpaired) electrons. The Hall–Kier alpha value is -3.81. The lowest BCUT2D eigenvalue weighted by molar-refractivity contribution is 0.102. The molecule has 0 bridgehead atoms. The van der Waals surface area contributed by atoms with Crippen molar-refractivity contribution in [1.29, 1.82) is 0 Å². The van der Waals surface area contributed by atoms with E-state index in [9.17, 15) is 4.79 Å². The fraction of sp³-hybridized carbons (Fsp3) is 0.0556. The van der Waals surface area contributed by atoms with Crippen LogP contribution in [-0.2, 0) is 0 Å². The number of carbonyl (C=O) groups is 1. The van der Waals surface area contributed by atoms with Crippen LogP contribution in [0.2, 0.25) is 0 Å². The van der Waals surface area contributed by atoms with E-state index in [1.165, 1.54) is 0 Å². The van der Waals surface area contributed by atoms with Crippen molar-refractivity contribution in [2.75, 3.05) is 5.32 Å². The summed E-state index contributed by atoms with van der Waals surface area (Å²) in [7, 11) is 0. The Labute approximate surface area is 149 Å². The van der Waals surface area contributed by atoms with Gasteiger partial charge < -0.3 is 5.32 Å². The maximum atomic E-state index is 12.6. The molecule has 0 atom stereocenters. The Bertz CT molecular complexity index is 1040. The third-order valence-corrected chi connectivity index (χ3v) is 3.78. The Balaban J connectivity index is 1.58. The molecule has 4 rings (SSSR count). The first-order valence-electron chi connectivity index (χ1n) is 7.96. The normalized spacial score (nSPS) is 10.7. The third kappa shape index (κ3) is 3.07. The van der Waals surface area contributed by atoms with E-state index in [-0.39, 0.29) is 11.6 Å². The van der Waals surface area contributed by atoms with Gasteiger partial charge in [-0.3, -0.25) is 4.79 Å². The topological polar surface area (TPSA) is 90.5 Å². The van der Waals surface area contributed by atoms with Crippen LogP contribution in [0.4, 0.5) is 5.69 Å². The monoisotopic (exact) mass is 345 g/mol. The van der Waals surface area contributed by atoms with E-state index in [2.05, 4.69) is 25.7 Å². The van der Waals surface area contributed by atoms with Gasteiger partial charge in [0.2, 0.25) is 0 Å². The predicted octanol–water partition coefficient (Wildman–Crippen LogP) is 2.41. The largest absolute Gasteiger partial charge is 0.317 e. The summed E-state index contributed by atoms with van der Waals surface area (Å²) in [5.74, 6) is 0.154. The first-order chi connectivity index (χ1) is 12.7. The van der Waals surface area contributed by atoms with Gasteiger partial charge in [0.1, 0.15) is 0 Å². The maximum absolute atomic E-state index is 12.6. The van der Waals surface area contributed by atoms with Gasteiger partial charge in [-0.1, -0.05) is 22.9 Å². The van der Waals surface area contributed by atoms with E-state index in [4.69, 9.17) is 0 Å². The molecule has 3 heterocycles. The molecule has 0 aliphatic carbocycles. The molecule has 1 N–H and O–H groups in total. The summed E-state index contributed by atoms with van der Waals surface area (Å²) in [6.07, 6.45) is 6.63. The molecule has 26 heavy (non-hydrogen) atoms. The summed E-state index contributed by atoms with van der Waals surface area (Å²) < 4.78 is 3.14. The molecule has 0 unspecified atom stereocenters. The van der Waals surface area contributed by atoms with Gasteiger partial charge >= 0.3 is 0 Å². The average Bonchev–Trinajstić information content (AvgIpc) is 3.35. The molecule has 0 aliphatic rings. The molecule has 4 aromatic rings. The Morgan fingerprint density at radius 2 is 1.88 bits per heavy atom. The summed E-state index contributed by atoms with van der Waals surface area (Å²) >= 11 is 0. The zero-order chi connectivity index (χ0) is 17.9. The van der Waals surface area contributed by atoms with Crippen molar-refractivity contribution in [3.8, 4) is 11.5 Å². The van der Waals surface area contributed by atoms with Crippen LogP contribution in [0, 0.1) is 6.92 Å². The first-order valence-corrected chi connectivity index (χ1v) is 7.96. The highest BCUT2D eigenvalue weighted by Crippen LogP contribution is 2.17. The van der Waals surface area contributed by atoms with Crippen LogP contribution in [0.1, 0.15) is 16.1 Å². The molecule has 0 spiro atoms. The highest BCUT2D eigenvalue weighted by Gasteiger charge is 2.15. The SMILES string of the molecule is Cc1ccc(-n2cc(C(=O)Nc3cccnc3-n3cccn3)nn2)cc1. The van der Waals surface area contributed by atoms with Gasteiger partial charge in [-0.15, -0.1) is 5.10 Å². The van der Waals surface area contributed by atoms with Gasteiger partial charge in [0.05, 0.1) is 17.6 Å². The minimum absolute atomic E-state index is 0.209. The molecular formula is C18H15N7O. The molecule has 1 aromatic carbocycles. The van der Waals surface area contributed by atoms with E-state index in [1.54, 1.807) is 52.4 Å². The van der Waals surface area contributed by atoms with Gasteiger partial charge in [-0.25, -0.2) is 14.3 Å². The lowest BCUT2D eigenvalue weighted by Crippen LogP contribution is -2.15. The van der Waals surface area contributed by atoms with Crippen LogP contribution < -0.4 is 5.32 Å². The van der Waals surface area contributed by atoms with E-state index in [0.717, 1.165) is 11.3 Å². The average molecular weight is 345 g/mol.